The maximum atomic E-state index is 11.4. The number of hydrogen-bond acceptors (Lipinski definition) is 2. The van der Waals surface area contributed by atoms with Crippen LogP contribution in [0.1, 0.15) is 24.3 Å². The van der Waals surface area contributed by atoms with Gasteiger partial charge in [-0.1, -0.05) is 30.3 Å². The largest absolute Gasteiger partial charge is 0.481 e. The van der Waals surface area contributed by atoms with E-state index in [1.54, 1.807) is 0 Å². The van der Waals surface area contributed by atoms with Gasteiger partial charge in [-0.05, 0) is 37.4 Å². The Bertz CT molecular complexity index is 350. The topological polar surface area (TPSA) is 49.3 Å². The Morgan fingerprint density at radius 1 is 1.24 bits per heavy atom. The molecule has 0 spiro atoms. The van der Waals surface area contributed by atoms with E-state index in [1.807, 2.05) is 30.3 Å². The van der Waals surface area contributed by atoms with Crippen LogP contribution in [-0.4, -0.2) is 24.2 Å². The highest BCUT2D eigenvalue weighted by molar-refractivity contribution is 5.85. The summed E-state index contributed by atoms with van der Waals surface area (Å²) in [5.74, 6) is -0.775. The standard InChI is InChI=1S/C13H17NO2.ClH/c15-13(16)12(10-4-2-1-3-5-10)11-6-8-14-9-7-11;/h1-5,11-12,14H,6-9H2,(H,15,16);1H. The van der Waals surface area contributed by atoms with Gasteiger partial charge in [-0.3, -0.25) is 4.79 Å². The van der Waals surface area contributed by atoms with E-state index < -0.39 is 5.97 Å². The monoisotopic (exact) mass is 255 g/mol. The lowest BCUT2D eigenvalue weighted by molar-refractivity contribution is -0.140. The number of carbonyl (C=O) groups is 1. The fourth-order valence-electron chi connectivity index (χ4n) is 2.45. The van der Waals surface area contributed by atoms with Gasteiger partial charge >= 0.3 is 5.97 Å². The van der Waals surface area contributed by atoms with Gasteiger partial charge in [0.15, 0.2) is 0 Å². The predicted molar refractivity (Wildman–Crippen MR) is 69.7 cm³/mol. The molecular weight excluding hydrogens is 238 g/mol. The van der Waals surface area contributed by atoms with Crippen LogP contribution in [-0.2, 0) is 4.79 Å². The zero-order valence-corrected chi connectivity index (χ0v) is 10.5. The molecule has 1 aliphatic heterocycles. The van der Waals surface area contributed by atoms with E-state index in [9.17, 15) is 9.90 Å². The minimum Gasteiger partial charge on any atom is -0.481 e. The molecule has 0 aromatic heterocycles. The summed E-state index contributed by atoms with van der Waals surface area (Å²) in [6.45, 7) is 1.86. The predicted octanol–water partition coefficient (Wildman–Crippen LogP) is 2.28. The fourth-order valence-corrected chi connectivity index (χ4v) is 2.45. The van der Waals surface area contributed by atoms with Crippen molar-refractivity contribution in [3.8, 4) is 0 Å². The summed E-state index contributed by atoms with van der Waals surface area (Å²) in [5, 5.41) is 12.6. The Balaban J connectivity index is 0.00000144. The molecule has 1 unspecified atom stereocenters. The van der Waals surface area contributed by atoms with Crippen molar-refractivity contribution in [2.24, 2.45) is 5.92 Å². The van der Waals surface area contributed by atoms with Crippen molar-refractivity contribution in [2.75, 3.05) is 13.1 Å². The lowest BCUT2D eigenvalue weighted by Gasteiger charge is -2.28. The van der Waals surface area contributed by atoms with Gasteiger partial charge in [0.25, 0.3) is 0 Å². The first-order valence-corrected chi connectivity index (χ1v) is 5.77. The number of benzene rings is 1. The first kappa shape index (κ1) is 14.0. The molecule has 1 aromatic carbocycles. The van der Waals surface area contributed by atoms with Crippen LogP contribution in [0.4, 0.5) is 0 Å². The molecule has 1 fully saturated rings. The summed E-state index contributed by atoms with van der Waals surface area (Å²) >= 11 is 0. The summed E-state index contributed by atoms with van der Waals surface area (Å²) in [6.07, 6.45) is 1.90. The normalized spacial score (nSPS) is 18.1. The second-order valence-corrected chi connectivity index (χ2v) is 4.31. The number of rotatable bonds is 3. The fraction of sp³-hybridized carbons (Fsp3) is 0.462. The molecule has 0 radical (unpaired) electrons. The van der Waals surface area contributed by atoms with Crippen molar-refractivity contribution in [3.05, 3.63) is 35.9 Å². The zero-order valence-electron chi connectivity index (χ0n) is 9.63. The summed E-state index contributed by atoms with van der Waals surface area (Å²) in [4.78, 5) is 11.4. The maximum absolute atomic E-state index is 11.4. The average molecular weight is 256 g/mol. The van der Waals surface area contributed by atoms with E-state index in [2.05, 4.69) is 5.32 Å². The molecule has 1 heterocycles. The van der Waals surface area contributed by atoms with Crippen LogP contribution < -0.4 is 5.32 Å². The first-order chi connectivity index (χ1) is 7.79. The molecular formula is C13H18ClNO2. The summed E-state index contributed by atoms with van der Waals surface area (Å²) in [5.41, 5.74) is 0.932. The third kappa shape index (κ3) is 3.45. The van der Waals surface area contributed by atoms with Gasteiger partial charge < -0.3 is 10.4 Å². The number of aliphatic carboxylic acids is 1. The first-order valence-electron chi connectivity index (χ1n) is 5.77. The van der Waals surface area contributed by atoms with Crippen molar-refractivity contribution in [1.29, 1.82) is 0 Å². The van der Waals surface area contributed by atoms with Gasteiger partial charge in [0.1, 0.15) is 0 Å². The highest BCUT2D eigenvalue weighted by Gasteiger charge is 2.30. The van der Waals surface area contributed by atoms with Crippen molar-refractivity contribution in [1.82, 2.24) is 5.32 Å². The van der Waals surface area contributed by atoms with Gasteiger partial charge in [0.2, 0.25) is 0 Å². The van der Waals surface area contributed by atoms with Crippen molar-refractivity contribution < 1.29 is 9.90 Å². The third-order valence-electron chi connectivity index (χ3n) is 3.28. The van der Waals surface area contributed by atoms with Gasteiger partial charge in [-0.25, -0.2) is 0 Å². The lowest BCUT2D eigenvalue weighted by Crippen LogP contribution is -2.33. The lowest BCUT2D eigenvalue weighted by atomic mass is 9.80. The number of nitrogens with one attached hydrogen (secondary N) is 1. The number of halogens is 1. The summed E-state index contributed by atoms with van der Waals surface area (Å²) in [6, 6.07) is 9.57. The smallest absolute Gasteiger partial charge is 0.311 e. The molecule has 0 saturated carbocycles. The SMILES string of the molecule is Cl.O=C(O)C(c1ccccc1)C1CCNCC1. The molecule has 1 atom stereocenters. The molecule has 0 amide bonds. The van der Waals surface area contributed by atoms with E-state index in [4.69, 9.17) is 0 Å². The Morgan fingerprint density at radius 2 is 1.82 bits per heavy atom. The van der Waals surface area contributed by atoms with Crippen LogP contribution in [0.5, 0.6) is 0 Å². The minimum absolute atomic E-state index is 0. The number of hydrogen-bond donors (Lipinski definition) is 2. The molecule has 3 nitrogen and oxygen atoms in total. The summed E-state index contributed by atoms with van der Waals surface area (Å²) < 4.78 is 0. The molecule has 2 rings (SSSR count). The van der Waals surface area contributed by atoms with Crippen molar-refractivity contribution in [3.63, 3.8) is 0 Å². The molecule has 2 N–H and O–H groups in total. The molecule has 1 aromatic rings. The quantitative estimate of drug-likeness (QED) is 0.871. The Kier molecular flexibility index (Phi) is 5.45. The Labute approximate surface area is 108 Å². The number of carboxylic acid groups (broad SMARTS) is 1. The van der Waals surface area contributed by atoms with E-state index in [0.717, 1.165) is 31.5 Å². The van der Waals surface area contributed by atoms with Crippen molar-refractivity contribution in [2.45, 2.75) is 18.8 Å². The van der Waals surface area contributed by atoms with Crippen LogP contribution in [0.25, 0.3) is 0 Å². The molecule has 1 aliphatic rings. The molecule has 0 aliphatic carbocycles. The molecule has 94 valence electrons. The zero-order chi connectivity index (χ0) is 11.4. The van der Waals surface area contributed by atoms with Crippen LogP contribution >= 0.6 is 12.4 Å². The van der Waals surface area contributed by atoms with Crippen LogP contribution in [0.3, 0.4) is 0 Å². The summed E-state index contributed by atoms with van der Waals surface area (Å²) in [7, 11) is 0. The third-order valence-corrected chi connectivity index (χ3v) is 3.28. The van der Waals surface area contributed by atoms with Crippen LogP contribution in [0.2, 0.25) is 0 Å². The number of piperidine rings is 1. The number of carboxylic acids is 1. The van der Waals surface area contributed by atoms with Gasteiger partial charge in [0, 0.05) is 0 Å². The van der Waals surface area contributed by atoms with Gasteiger partial charge in [-0.2, -0.15) is 0 Å². The van der Waals surface area contributed by atoms with E-state index in [0.29, 0.717) is 0 Å². The second-order valence-electron chi connectivity index (χ2n) is 4.31. The van der Waals surface area contributed by atoms with Crippen LogP contribution in [0, 0.1) is 5.92 Å². The highest BCUT2D eigenvalue weighted by Crippen LogP contribution is 2.31. The van der Waals surface area contributed by atoms with Crippen LogP contribution in [0.15, 0.2) is 30.3 Å². The molecule has 4 heteroatoms. The molecule has 0 bridgehead atoms. The van der Waals surface area contributed by atoms with E-state index in [1.165, 1.54) is 0 Å². The average Bonchev–Trinajstić information content (AvgIpc) is 2.31. The Hall–Kier alpha value is -1.06. The molecule has 17 heavy (non-hydrogen) atoms. The van der Waals surface area contributed by atoms with E-state index in [-0.39, 0.29) is 24.2 Å². The second kappa shape index (κ2) is 6.62. The Morgan fingerprint density at radius 3 is 2.35 bits per heavy atom. The van der Waals surface area contributed by atoms with Gasteiger partial charge in [-0.15, -0.1) is 12.4 Å². The highest BCUT2D eigenvalue weighted by atomic mass is 35.5. The minimum atomic E-state index is -0.696. The van der Waals surface area contributed by atoms with Gasteiger partial charge in [0.05, 0.1) is 5.92 Å². The van der Waals surface area contributed by atoms with E-state index >= 15 is 0 Å². The van der Waals surface area contributed by atoms with Crippen molar-refractivity contribution >= 4 is 18.4 Å². The maximum Gasteiger partial charge on any atom is 0.311 e. The molecule has 1 saturated heterocycles.